The molecule has 0 spiro atoms. The Morgan fingerprint density at radius 2 is 1.67 bits per heavy atom. The number of nitrogens with zero attached hydrogens (tertiary/aromatic N) is 2. The van der Waals surface area contributed by atoms with Crippen LogP contribution in [0.4, 0.5) is 0 Å². The van der Waals surface area contributed by atoms with Crippen molar-refractivity contribution in [3.63, 3.8) is 0 Å². The zero-order valence-electron chi connectivity index (χ0n) is 14.5. The largest absolute Gasteiger partial charge is 0.496 e. The fourth-order valence-corrected chi connectivity index (χ4v) is 2.97. The molecular formula is C19H22N2O3. The third kappa shape index (κ3) is 2.61. The Morgan fingerprint density at radius 3 is 2.25 bits per heavy atom. The van der Waals surface area contributed by atoms with Gasteiger partial charge in [0.05, 0.1) is 31.9 Å². The molecule has 126 valence electrons. The van der Waals surface area contributed by atoms with Crippen LogP contribution in [0.25, 0.3) is 22.4 Å². The summed E-state index contributed by atoms with van der Waals surface area (Å²) in [6.45, 7) is 4.63. The summed E-state index contributed by atoms with van der Waals surface area (Å²) in [7, 11) is 3.26. The normalized spacial score (nSPS) is 11.0. The van der Waals surface area contributed by atoms with Crippen molar-refractivity contribution >= 4 is 11.0 Å². The number of aliphatic hydroxyl groups is 1. The topological polar surface area (TPSA) is 56.5 Å². The number of imidazole rings is 1. The molecule has 3 aromatic rings. The number of ether oxygens (including phenoxy) is 2. The first-order valence-electron chi connectivity index (χ1n) is 7.90. The van der Waals surface area contributed by atoms with Gasteiger partial charge in [-0.05, 0) is 49.2 Å². The molecule has 1 heterocycles. The highest BCUT2D eigenvalue weighted by Gasteiger charge is 2.20. The quantitative estimate of drug-likeness (QED) is 0.781. The summed E-state index contributed by atoms with van der Waals surface area (Å²) >= 11 is 0. The molecule has 3 rings (SSSR count). The van der Waals surface area contributed by atoms with E-state index in [0.29, 0.717) is 18.0 Å². The van der Waals surface area contributed by atoms with Crippen molar-refractivity contribution in [1.82, 2.24) is 9.55 Å². The Morgan fingerprint density at radius 1 is 1.04 bits per heavy atom. The summed E-state index contributed by atoms with van der Waals surface area (Å²) in [6, 6.07) is 9.84. The van der Waals surface area contributed by atoms with Gasteiger partial charge in [-0.2, -0.15) is 0 Å². The van der Waals surface area contributed by atoms with Gasteiger partial charge in [0, 0.05) is 6.54 Å². The highest BCUT2D eigenvalue weighted by molar-refractivity contribution is 5.85. The van der Waals surface area contributed by atoms with E-state index in [2.05, 4.69) is 26.0 Å². The molecule has 24 heavy (non-hydrogen) atoms. The molecule has 0 aliphatic heterocycles. The average Bonchev–Trinajstić information content (AvgIpc) is 2.92. The fraction of sp³-hybridized carbons (Fsp3) is 0.316. The summed E-state index contributed by atoms with van der Waals surface area (Å²) < 4.78 is 13.1. The van der Waals surface area contributed by atoms with Crippen molar-refractivity contribution in [2.24, 2.45) is 0 Å². The van der Waals surface area contributed by atoms with Gasteiger partial charge in [0.2, 0.25) is 0 Å². The lowest BCUT2D eigenvalue weighted by Gasteiger charge is -2.14. The Kier molecular flexibility index (Phi) is 4.44. The van der Waals surface area contributed by atoms with Crippen molar-refractivity contribution in [2.45, 2.75) is 20.4 Å². The van der Waals surface area contributed by atoms with Crippen LogP contribution in [0.1, 0.15) is 11.1 Å². The molecule has 0 fully saturated rings. The first-order chi connectivity index (χ1) is 11.6. The molecular weight excluding hydrogens is 304 g/mol. The number of rotatable bonds is 5. The van der Waals surface area contributed by atoms with Crippen LogP contribution in [-0.4, -0.2) is 35.5 Å². The van der Waals surface area contributed by atoms with Gasteiger partial charge < -0.3 is 19.1 Å². The van der Waals surface area contributed by atoms with E-state index in [0.717, 1.165) is 22.4 Å². The maximum atomic E-state index is 9.53. The highest BCUT2D eigenvalue weighted by atomic mass is 16.5. The number of aliphatic hydroxyl groups excluding tert-OH is 1. The lowest BCUT2D eigenvalue weighted by atomic mass is 10.1. The minimum atomic E-state index is 0.0306. The third-order valence-electron chi connectivity index (χ3n) is 4.34. The molecule has 0 aliphatic carbocycles. The second-order valence-electron chi connectivity index (χ2n) is 5.77. The van der Waals surface area contributed by atoms with E-state index in [4.69, 9.17) is 14.5 Å². The van der Waals surface area contributed by atoms with E-state index in [1.165, 1.54) is 11.1 Å². The van der Waals surface area contributed by atoms with Crippen molar-refractivity contribution in [3.05, 3.63) is 41.5 Å². The van der Waals surface area contributed by atoms with Gasteiger partial charge in [0.25, 0.3) is 0 Å². The third-order valence-corrected chi connectivity index (χ3v) is 4.34. The Balaban J connectivity index is 2.36. The second kappa shape index (κ2) is 6.53. The molecule has 0 saturated heterocycles. The first-order valence-corrected chi connectivity index (χ1v) is 7.90. The van der Waals surface area contributed by atoms with Crippen LogP contribution in [0.15, 0.2) is 30.3 Å². The van der Waals surface area contributed by atoms with E-state index in [1.807, 2.05) is 22.8 Å². The number of methoxy groups -OCH3 is 2. The van der Waals surface area contributed by atoms with Crippen molar-refractivity contribution < 1.29 is 14.6 Å². The average molecular weight is 326 g/mol. The second-order valence-corrected chi connectivity index (χ2v) is 5.77. The lowest BCUT2D eigenvalue weighted by Crippen LogP contribution is -2.06. The van der Waals surface area contributed by atoms with Crippen LogP contribution in [-0.2, 0) is 6.54 Å². The monoisotopic (exact) mass is 326 g/mol. The summed E-state index contributed by atoms with van der Waals surface area (Å²) in [5.41, 5.74) is 5.07. The van der Waals surface area contributed by atoms with Crippen LogP contribution < -0.4 is 9.47 Å². The molecule has 0 unspecified atom stereocenters. The van der Waals surface area contributed by atoms with Gasteiger partial charge >= 0.3 is 0 Å². The van der Waals surface area contributed by atoms with Crippen LogP contribution in [0, 0.1) is 13.8 Å². The molecule has 1 aromatic heterocycles. The predicted octanol–water partition coefficient (Wildman–Crippen LogP) is 3.33. The molecule has 0 bridgehead atoms. The van der Waals surface area contributed by atoms with Gasteiger partial charge in [0.15, 0.2) is 0 Å². The van der Waals surface area contributed by atoms with Crippen LogP contribution in [0.3, 0.4) is 0 Å². The summed E-state index contributed by atoms with van der Waals surface area (Å²) in [6.07, 6.45) is 0. The summed E-state index contributed by atoms with van der Waals surface area (Å²) in [4.78, 5) is 4.81. The summed E-state index contributed by atoms with van der Waals surface area (Å²) in [5, 5.41) is 9.53. The molecule has 5 nitrogen and oxygen atoms in total. The smallest absolute Gasteiger partial charge is 0.148 e. The van der Waals surface area contributed by atoms with Crippen molar-refractivity contribution in [2.75, 3.05) is 20.8 Å². The van der Waals surface area contributed by atoms with Gasteiger partial charge in [-0.3, -0.25) is 0 Å². The van der Waals surface area contributed by atoms with Gasteiger partial charge in [-0.25, -0.2) is 4.98 Å². The number of fused-ring (bicyclic) bond motifs is 1. The number of aryl methyl sites for hydroxylation is 2. The number of benzene rings is 2. The van der Waals surface area contributed by atoms with Crippen LogP contribution in [0.5, 0.6) is 11.5 Å². The molecule has 0 saturated carbocycles. The Bertz CT molecular complexity index is 862. The van der Waals surface area contributed by atoms with Gasteiger partial charge in [-0.1, -0.05) is 6.07 Å². The van der Waals surface area contributed by atoms with Crippen LogP contribution >= 0.6 is 0 Å². The minimum Gasteiger partial charge on any atom is -0.496 e. The highest BCUT2D eigenvalue weighted by Crippen LogP contribution is 2.39. The van der Waals surface area contributed by atoms with E-state index in [-0.39, 0.29) is 6.61 Å². The zero-order valence-corrected chi connectivity index (χ0v) is 14.5. The molecule has 0 radical (unpaired) electrons. The Labute approximate surface area is 141 Å². The minimum absolute atomic E-state index is 0.0306. The molecule has 5 heteroatoms. The predicted molar refractivity (Wildman–Crippen MR) is 94.8 cm³/mol. The first kappa shape index (κ1) is 16.3. The zero-order chi connectivity index (χ0) is 17.3. The van der Waals surface area contributed by atoms with Crippen molar-refractivity contribution in [1.29, 1.82) is 0 Å². The molecule has 2 aromatic carbocycles. The standard InChI is InChI=1S/C19H22N2O3/c1-12-10-14-15(11-13(12)2)21(8-9-22)19(20-14)18-16(23-3)6-5-7-17(18)24-4/h5-7,10-11,22H,8-9H2,1-4H3. The van der Waals surface area contributed by atoms with E-state index in [1.54, 1.807) is 14.2 Å². The van der Waals surface area contributed by atoms with Crippen molar-refractivity contribution in [3.8, 4) is 22.9 Å². The molecule has 0 amide bonds. The van der Waals surface area contributed by atoms with Gasteiger partial charge in [-0.15, -0.1) is 0 Å². The fourth-order valence-electron chi connectivity index (χ4n) is 2.97. The maximum absolute atomic E-state index is 9.53. The lowest BCUT2D eigenvalue weighted by molar-refractivity contribution is 0.278. The molecule has 1 N–H and O–H groups in total. The van der Waals surface area contributed by atoms with Crippen LogP contribution in [0.2, 0.25) is 0 Å². The molecule has 0 atom stereocenters. The van der Waals surface area contributed by atoms with E-state index >= 15 is 0 Å². The number of hydrogen-bond donors (Lipinski definition) is 1. The van der Waals surface area contributed by atoms with E-state index < -0.39 is 0 Å². The number of hydrogen-bond acceptors (Lipinski definition) is 4. The Hall–Kier alpha value is -2.53. The molecule has 0 aliphatic rings. The number of aromatic nitrogens is 2. The SMILES string of the molecule is COc1cccc(OC)c1-c1nc2cc(C)c(C)cc2n1CCO. The summed E-state index contributed by atoms with van der Waals surface area (Å²) in [5.74, 6) is 2.12. The van der Waals surface area contributed by atoms with E-state index in [9.17, 15) is 5.11 Å². The van der Waals surface area contributed by atoms with Gasteiger partial charge in [0.1, 0.15) is 22.9 Å². The maximum Gasteiger partial charge on any atom is 0.148 e.